The molecule has 0 saturated carbocycles. The van der Waals surface area contributed by atoms with E-state index >= 15 is 0 Å². The molecule has 3 rings (SSSR count). The molecule has 1 unspecified atom stereocenters. The first-order valence-corrected chi connectivity index (χ1v) is 8.17. The molecule has 1 heterocycles. The van der Waals surface area contributed by atoms with E-state index in [4.69, 9.17) is 5.73 Å². The quantitative estimate of drug-likeness (QED) is 0.724. The predicted octanol–water partition coefficient (Wildman–Crippen LogP) is 3.44. The van der Waals surface area contributed by atoms with Crippen molar-refractivity contribution in [2.45, 2.75) is 13.3 Å². The van der Waals surface area contributed by atoms with Crippen molar-refractivity contribution in [1.29, 1.82) is 0 Å². The number of hydrogen-bond donors (Lipinski definition) is 2. The minimum atomic E-state index is -0.405. The van der Waals surface area contributed by atoms with Crippen LogP contribution in [0.2, 0.25) is 0 Å². The number of rotatable bonds is 6. The molecular formula is C20H20FN3O. The first-order valence-electron chi connectivity index (χ1n) is 8.17. The zero-order valence-corrected chi connectivity index (χ0v) is 14.0. The number of nitrogens with zero attached hydrogens (tertiary/aromatic N) is 1. The van der Waals surface area contributed by atoms with Crippen LogP contribution < -0.4 is 11.1 Å². The second-order valence-corrected chi connectivity index (χ2v) is 6.16. The average Bonchev–Trinajstić information content (AvgIpc) is 2.60. The molecule has 0 radical (unpaired) electrons. The molecule has 128 valence electrons. The lowest BCUT2D eigenvalue weighted by atomic mass is 9.98. The van der Waals surface area contributed by atoms with Crippen LogP contribution in [0.1, 0.15) is 11.1 Å². The summed E-state index contributed by atoms with van der Waals surface area (Å²) < 4.78 is 13.0. The summed E-state index contributed by atoms with van der Waals surface area (Å²) in [6.45, 7) is 2.35. The molecule has 1 atom stereocenters. The van der Waals surface area contributed by atoms with Crippen LogP contribution >= 0.6 is 0 Å². The van der Waals surface area contributed by atoms with Crippen molar-refractivity contribution in [3.63, 3.8) is 0 Å². The van der Waals surface area contributed by atoms with Gasteiger partial charge in [0.05, 0.1) is 11.4 Å². The van der Waals surface area contributed by atoms with Crippen molar-refractivity contribution in [2.24, 2.45) is 11.7 Å². The number of nitrogens with two attached hydrogens (primary N) is 1. The maximum absolute atomic E-state index is 13.0. The summed E-state index contributed by atoms with van der Waals surface area (Å²) in [6, 6.07) is 16.0. The number of pyridine rings is 1. The number of carbonyl (C=O) groups excluding carboxylic acids is 1. The number of primary amides is 1. The van der Waals surface area contributed by atoms with Crippen molar-refractivity contribution in [3.8, 4) is 0 Å². The summed E-state index contributed by atoms with van der Waals surface area (Å²) in [5.41, 5.74) is 8.30. The minimum absolute atomic E-state index is 0.298. The number of amides is 1. The largest absolute Gasteiger partial charge is 0.369 e. The third-order valence-electron chi connectivity index (χ3n) is 4.23. The summed E-state index contributed by atoms with van der Waals surface area (Å²) >= 11 is 0. The van der Waals surface area contributed by atoms with Crippen LogP contribution in [0.15, 0.2) is 54.6 Å². The van der Waals surface area contributed by atoms with Gasteiger partial charge < -0.3 is 11.1 Å². The Morgan fingerprint density at radius 3 is 2.64 bits per heavy atom. The Labute approximate surface area is 145 Å². The Balaban J connectivity index is 1.74. The van der Waals surface area contributed by atoms with Gasteiger partial charge in [-0.05, 0) is 48.7 Å². The Morgan fingerprint density at radius 2 is 1.92 bits per heavy atom. The van der Waals surface area contributed by atoms with Gasteiger partial charge in [-0.15, -0.1) is 0 Å². The summed E-state index contributed by atoms with van der Waals surface area (Å²) in [5.74, 6) is -0.356. The van der Waals surface area contributed by atoms with Gasteiger partial charge >= 0.3 is 0 Å². The molecule has 1 amide bonds. The lowest BCUT2D eigenvalue weighted by Crippen LogP contribution is -2.31. The average molecular weight is 337 g/mol. The summed E-state index contributed by atoms with van der Waals surface area (Å²) in [7, 11) is 0. The summed E-state index contributed by atoms with van der Waals surface area (Å²) in [6.07, 6.45) is 0.454. The van der Waals surface area contributed by atoms with E-state index in [1.54, 1.807) is 12.1 Å². The van der Waals surface area contributed by atoms with E-state index in [0.29, 0.717) is 13.0 Å². The lowest BCUT2D eigenvalue weighted by Gasteiger charge is -2.16. The molecule has 0 aliphatic heterocycles. The van der Waals surface area contributed by atoms with Crippen LogP contribution in [0.3, 0.4) is 0 Å². The van der Waals surface area contributed by atoms with Crippen molar-refractivity contribution >= 4 is 22.6 Å². The molecule has 25 heavy (non-hydrogen) atoms. The van der Waals surface area contributed by atoms with E-state index in [9.17, 15) is 9.18 Å². The Kier molecular flexibility index (Phi) is 4.93. The van der Waals surface area contributed by atoms with Gasteiger partial charge in [0.25, 0.3) is 0 Å². The second-order valence-electron chi connectivity index (χ2n) is 6.16. The molecule has 0 fully saturated rings. The highest BCUT2D eigenvalue weighted by Crippen LogP contribution is 2.20. The Morgan fingerprint density at radius 1 is 1.20 bits per heavy atom. The highest BCUT2D eigenvalue weighted by molar-refractivity contribution is 5.82. The molecule has 1 aromatic heterocycles. The molecule has 4 nitrogen and oxygen atoms in total. The number of benzene rings is 2. The molecule has 2 aromatic carbocycles. The zero-order chi connectivity index (χ0) is 17.8. The van der Waals surface area contributed by atoms with Gasteiger partial charge in [-0.1, -0.05) is 30.3 Å². The first-order chi connectivity index (χ1) is 12.0. The summed E-state index contributed by atoms with van der Waals surface area (Å²) in [4.78, 5) is 16.4. The third-order valence-corrected chi connectivity index (χ3v) is 4.23. The molecule has 3 aromatic rings. The topological polar surface area (TPSA) is 68.0 Å². The van der Waals surface area contributed by atoms with Crippen LogP contribution in [0.5, 0.6) is 0 Å². The number of halogens is 1. The van der Waals surface area contributed by atoms with E-state index in [1.165, 1.54) is 12.1 Å². The van der Waals surface area contributed by atoms with E-state index < -0.39 is 11.8 Å². The molecule has 3 N–H and O–H groups in total. The standard InChI is InChI=1S/C20H20FN3O/c1-13-10-15-4-2-3-5-18(15)24-20(13)23-12-16(19(22)25)11-14-6-8-17(21)9-7-14/h2-10,16H,11-12H2,1H3,(H2,22,25)(H,23,24). The number of hydrogen-bond acceptors (Lipinski definition) is 3. The molecule has 0 aliphatic carbocycles. The van der Waals surface area contributed by atoms with Crippen molar-refractivity contribution in [1.82, 2.24) is 4.98 Å². The molecule has 0 spiro atoms. The number of para-hydroxylation sites is 1. The van der Waals surface area contributed by atoms with Gasteiger partial charge in [0, 0.05) is 11.9 Å². The number of nitrogens with one attached hydrogen (secondary N) is 1. The highest BCUT2D eigenvalue weighted by atomic mass is 19.1. The minimum Gasteiger partial charge on any atom is -0.369 e. The third kappa shape index (κ3) is 4.12. The molecular weight excluding hydrogens is 317 g/mol. The van der Waals surface area contributed by atoms with E-state index in [-0.39, 0.29) is 5.82 Å². The Hall–Kier alpha value is -2.95. The zero-order valence-electron chi connectivity index (χ0n) is 14.0. The van der Waals surface area contributed by atoms with Crippen molar-refractivity contribution in [3.05, 3.63) is 71.5 Å². The highest BCUT2D eigenvalue weighted by Gasteiger charge is 2.17. The molecule has 0 bridgehead atoms. The lowest BCUT2D eigenvalue weighted by molar-refractivity contribution is -0.121. The summed E-state index contributed by atoms with van der Waals surface area (Å²) in [5, 5.41) is 4.30. The van der Waals surface area contributed by atoms with Crippen LogP contribution in [0.4, 0.5) is 10.2 Å². The fraction of sp³-hybridized carbons (Fsp3) is 0.200. The van der Waals surface area contributed by atoms with Gasteiger partial charge in [0.15, 0.2) is 0 Å². The number of carbonyl (C=O) groups is 1. The second kappa shape index (κ2) is 7.30. The molecule has 0 aliphatic rings. The van der Waals surface area contributed by atoms with E-state index in [1.807, 2.05) is 31.2 Å². The number of aromatic nitrogens is 1. The van der Waals surface area contributed by atoms with Gasteiger partial charge in [0.1, 0.15) is 11.6 Å². The van der Waals surface area contributed by atoms with Crippen LogP contribution in [-0.2, 0) is 11.2 Å². The number of fused-ring (bicyclic) bond motifs is 1. The van der Waals surface area contributed by atoms with Crippen molar-refractivity contribution in [2.75, 3.05) is 11.9 Å². The SMILES string of the molecule is Cc1cc2ccccc2nc1NCC(Cc1ccc(F)cc1)C(N)=O. The van der Waals surface area contributed by atoms with Crippen LogP contribution in [0.25, 0.3) is 10.9 Å². The smallest absolute Gasteiger partial charge is 0.222 e. The Bertz CT molecular complexity index is 893. The van der Waals surface area contributed by atoms with E-state index in [2.05, 4.69) is 16.4 Å². The van der Waals surface area contributed by atoms with Crippen LogP contribution in [0, 0.1) is 18.7 Å². The monoisotopic (exact) mass is 337 g/mol. The maximum atomic E-state index is 13.0. The fourth-order valence-electron chi connectivity index (χ4n) is 2.80. The van der Waals surface area contributed by atoms with Gasteiger partial charge in [-0.2, -0.15) is 0 Å². The molecule has 0 saturated heterocycles. The normalized spacial score (nSPS) is 12.1. The number of anilines is 1. The molecule has 5 heteroatoms. The first kappa shape index (κ1) is 16.9. The predicted molar refractivity (Wildman–Crippen MR) is 97.8 cm³/mol. The number of aryl methyl sites for hydroxylation is 1. The fourth-order valence-corrected chi connectivity index (χ4v) is 2.80. The van der Waals surface area contributed by atoms with Gasteiger partial charge in [0.2, 0.25) is 5.91 Å². The van der Waals surface area contributed by atoms with Gasteiger partial charge in [-0.25, -0.2) is 9.37 Å². The van der Waals surface area contributed by atoms with E-state index in [0.717, 1.165) is 27.8 Å². The van der Waals surface area contributed by atoms with Crippen molar-refractivity contribution < 1.29 is 9.18 Å². The maximum Gasteiger partial charge on any atom is 0.222 e. The van der Waals surface area contributed by atoms with Crippen LogP contribution in [-0.4, -0.2) is 17.4 Å². The van der Waals surface area contributed by atoms with Gasteiger partial charge in [-0.3, -0.25) is 4.79 Å².